The Morgan fingerprint density at radius 3 is 0.902 bits per heavy atom. The predicted molar refractivity (Wildman–Crippen MR) is 524 cm³/mol. The molecule has 704 valence electrons. The van der Waals surface area contributed by atoms with Gasteiger partial charge in [0.25, 0.3) is 0 Å². The third-order valence-corrected chi connectivity index (χ3v) is 32.0. The Hall–Kier alpha value is -9.92. The number of aryl methyl sites for hydroxylation is 4. The van der Waals surface area contributed by atoms with Gasteiger partial charge in [0.05, 0.1) is 63.9 Å². The van der Waals surface area contributed by atoms with Gasteiger partial charge in [-0.3, -0.25) is 4.90 Å². The van der Waals surface area contributed by atoms with Crippen molar-refractivity contribution in [1.82, 2.24) is 82.6 Å². The van der Waals surface area contributed by atoms with Crippen LogP contribution in [0.1, 0.15) is 117 Å². The lowest BCUT2D eigenvalue weighted by atomic mass is 9.79. The number of ether oxygens (including phenoxy) is 1. The molecule has 35 heteroatoms. The van der Waals surface area contributed by atoms with Crippen LogP contribution in [0.4, 0.5) is 23.3 Å². The summed E-state index contributed by atoms with van der Waals surface area (Å²) in [4.78, 5) is 47.8. The molecule has 31 nitrogen and oxygen atoms in total. The van der Waals surface area contributed by atoms with Gasteiger partial charge in [-0.2, -0.15) is 0 Å². The molecule has 0 spiro atoms. The van der Waals surface area contributed by atoms with Crippen LogP contribution >= 0.6 is 0 Å². The minimum atomic E-state index is -3.02. The number of nitrogens with zero attached hydrogens (tertiary/aromatic N) is 17. The number of piperazine rings is 1. The monoisotopic (exact) mass is 1870 g/mol. The highest BCUT2D eigenvalue weighted by Gasteiger charge is 2.40. The fraction of sp³-hybridized carbons (Fsp3) is 0.505. The molecule has 4 saturated carbocycles. The number of sulfone groups is 4. The minimum Gasteiger partial charge on any atom is -0.392 e. The first-order valence-corrected chi connectivity index (χ1v) is 54.9. The van der Waals surface area contributed by atoms with Crippen LogP contribution in [0, 0.1) is 23.7 Å². The third kappa shape index (κ3) is 23.0. The van der Waals surface area contributed by atoms with Crippen molar-refractivity contribution < 1.29 is 43.5 Å². The number of likely N-dealkylation sites (N-methyl/N-ethyl adjacent to an activating group) is 1. The third-order valence-electron chi connectivity index (χ3n) is 28.2. The molecule has 9 N–H and O–H groups in total. The maximum atomic E-state index is 11.6. The van der Waals surface area contributed by atoms with Crippen LogP contribution in [0.5, 0.6) is 0 Å². The molecule has 132 heavy (non-hydrogen) atoms. The molecule has 4 aromatic carbocycles. The molecule has 0 unspecified atom stereocenters. The maximum Gasteiger partial charge on any atom is 0.147 e. The van der Waals surface area contributed by atoms with Crippen LogP contribution < -0.4 is 22.9 Å². The largest absolute Gasteiger partial charge is 0.392 e. The Balaban J connectivity index is 0.000000123. The van der Waals surface area contributed by atoms with Gasteiger partial charge in [-0.25, -0.2) is 73.5 Å². The SMILES string of the molecule is CN1CCN(CC2CC(n3cc(-c4cccc(CCS(C)(=O)=O)c4)c4c(N)ncnc43)C2)CC1.CS(=O)(=O)CCc1cccc(-c2cn(C3CC(CN4CCCC4)C3)c3ncnc(N)c23)c1.CS(=O)(=O)CCc1cccc(-c2cn(C3CC(CN4CCOCC4)C3)c3ncnc(N)c23)c1.CS(=O)(=O)CCc1cccc(-c2cn(C3CC(CN4CC[C@@H](O)C4)C3)c3ncnc(N)c23)c1. The summed E-state index contributed by atoms with van der Waals surface area (Å²) >= 11 is 0. The first kappa shape index (κ1) is 93.9. The number of benzene rings is 4. The van der Waals surface area contributed by atoms with Crippen LogP contribution in [0.3, 0.4) is 0 Å². The zero-order valence-corrected chi connectivity index (χ0v) is 79.7. The van der Waals surface area contributed by atoms with E-state index in [1.165, 1.54) is 76.7 Å². The van der Waals surface area contributed by atoms with Gasteiger partial charge in [0.1, 0.15) is 111 Å². The number of fused-ring (bicyclic) bond motifs is 4. The molecule has 20 rings (SSSR count). The molecule has 8 fully saturated rings. The lowest BCUT2D eigenvalue weighted by molar-refractivity contribution is 0.0182. The first-order valence-electron chi connectivity index (χ1n) is 46.6. The van der Waals surface area contributed by atoms with E-state index in [1.54, 1.807) is 12.7 Å². The molecule has 12 aromatic rings. The van der Waals surface area contributed by atoms with E-state index in [2.05, 4.69) is 133 Å². The summed E-state index contributed by atoms with van der Waals surface area (Å²) in [6.45, 7) is 17.2. The number of hydrogen-bond acceptors (Lipinski definition) is 27. The zero-order valence-electron chi connectivity index (χ0n) is 76.5. The van der Waals surface area contributed by atoms with E-state index in [1.807, 2.05) is 78.9 Å². The lowest BCUT2D eigenvalue weighted by Gasteiger charge is -2.41. The van der Waals surface area contributed by atoms with Crippen LogP contribution in [0.15, 0.2) is 147 Å². The first-order chi connectivity index (χ1) is 63.3. The molecule has 1 atom stereocenters. The molecule has 4 aliphatic heterocycles. The average Bonchev–Trinajstić information content (AvgIpc) is 1.61. The van der Waals surface area contributed by atoms with Gasteiger partial charge < -0.3 is 70.6 Å². The van der Waals surface area contributed by atoms with Crippen LogP contribution in [0.25, 0.3) is 88.6 Å². The smallest absolute Gasteiger partial charge is 0.147 e. The number of aliphatic hydroxyl groups is 1. The molecule has 0 amide bonds. The lowest BCUT2D eigenvalue weighted by Crippen LogP contribution is -2.47. The van der Waals surface area contributed by atoms with Crippen molar-refractivity contribution in [3.05, 3.63) is 169 Å². The number of nitrogen functional groups attached to an aromatic ring is 4. The maximum absolute atomic E-state index is 11.6. The van der Waals surface area contributed by atoms with E-state index < -0.39 is 39.3 Å². The van der Waals surface area contributed by atoms with Gasteiger partial charge in [0.15, 0.2) is 0 Å². The molecule has 4 aliphatic carbocycles. The number of anilines is 4. The summed E-state index contributed by atoms with van der Waals surface area (Å²) in [6, 6.07) is 33.7. The number of morpholine rings is 1. The van der Waals surface area contributed by atoms with E-state index in [0.29, 0.717) is 90.9 Å². The zero-order chi connectivity index (χ0) is 92.3. The Morgan fingerprint density at radius 2 is 0.629 bits per heavy atom. The minimum absolute atomic E-state index is 0.126. The predicted octanol–water partition coefficient (Wildman–Crippen LogP) is 10.6. The summed E-state index contributed by atoms with van der Waals surface area (Å²) in [6.07, 6.45) is 34.2. The second-order valence-corrected chi connectivity index (χ2v) is 47.7. The van der Waals surface area contributed by atoms with Gasteiger partial charge in [-0.05, 0) is 185 Å². The van der Waals surface area contributed by atoms with E-state index in [0.717, 1.165) is 253 Å². The molecular weight excluding hydrogens is 1750 g/mol. The van der Waals surface area contributed by atoms with Gasteiger partial charge in [0, 0.05) is 175 Å². The highest BCUT2D eigenvalue weighted by molar-refractivity contribution is 7.91. The molecule has 8 aromatic heterocycles. The summed E-state index contributed by atoms with van der Waals surface area (Å²) in [5.41, 5.74) is 40.7. The van der Waals surface area contributed by atoms with Crippen molar-refractivity contribution in [3.8, 4) is 44.5 Å². The van der Waals surface area contributed by atoms with Crippen LogP contribution in [0.2, 0.25) is 0 Å². The molecule has 0 bridgehead atoms. The highest BCUT2D eigenvalue weighted by Crippen LogP contribution is 2.49. The second-order valence-electron chi connectivity index (χ2n) is 38.6. The van der Waals surface area contributed by atoms with E-state index in [4.69, 9.17) is 27.7 Å². The number of rotatable bonds is 28. The van der Waals surface area contributed by atoms with Gasteiger partial charge in [0.2, 0.25) is 0 Å². The van der Waals surface area contributed by atoms with Crippen molar-refractivity contribution in [2.45, 2.75) is 127 Å². The van der Waals surface area contributed by atoms with E-state index in [-0.39, 0.29) is 29.1 Å². The van der Waals surface area contributed by atoms with E-state index >= 15 is 0 Å². The number of aliphatic hydroxyl groups excluding tert-OH is 1. The Bertz CT molecular complexity index is 6400. The topological polar surface area (TPSA) is 409 Å². The van der Waals surface area contributed by atoms with Crippen molar-refractivity contribution in [2.75, 3.05) is 183 Å². The highest BCUT2D eigenvalue weighted by atomic mass is 32.2. The number of aromatic nitrogens is 12. The summed E-state index contributed by atoms with van der Waals surface area (Å²) < 4.78 is 107. The molecular formula is C97H127N21O10S4. The van der Waals surface area contributed by atoms with E-state index in [9.17, 15) is 38.8 Å². The fourth-order valence-electron chi connectivity index (χ4n) is 20.7. The molecule has 8 aliphatic rings. The number of β-amino-alcohol motifs (C(OH)–C–C–N with tert-alkyl or cyclic N) is 1. The normalized spacial score (nSPS) is 22.4. The molecule has 4 saturated heterocycles. The van der Waals surface area contributed by atoms with Gasteiger partial charge in [-0.1, -0.05) is 97.1 Å². The Labute approximate surface area is 774 Å². The van der Waals surface area contributed by atoms with Crippen LogP contribution in [-0.2, 0) is 69.8 Å². The molecule has 12 heterocycles. The Morgan fingerprint density at radius 1 is 0.356 bits per heavy atom. The van der Waals surface area contributed by atoms with Crippen LogP contribution in [-0.4, -0.2) is 287 Å². The van der Waals surface area contributed by atoms with Crippen molar-refractivity contribution in [3.63, 3.8) is 0 Å². The number of nitrogens with two attached hydrogens (primary N) is 4. The summed E-state index contributed by atoms with van der Waals surface area (Å²) in [5.74, 6) is 5.21. The van der Waals surface area contributed by atoms with Gasteiger partial charge >= 0.3 is 0 Å². The summed E-state index contributed by atoms with van der Waals surface area (Å²) in [7, 11) is -9.86. The fourth-order valence-corrected chi connectivity index (χ4v) is 23.2. The van der Waals surface area contributed by atoms with Crippen molar-refractivity contribution in [2.24, 2.45) is 23.7 Å². The number of likely N-dealkylation sites (tertiary alicyclic amines) is 2. The van der Waals surface area contributed by atoms with Crippen molar-refractivity contribution >= 4 is 107 Å². The van der Waals surface area contributed by atoms with Gasteiger partial charge in [-0.15, -0.1) is 0 Å². The standard InChI is InChI=1S/C25H34N6O2S.2C24H31N5O3S.C24H31N5O2S/c1-29-7-9-30(10-8-29)15-19-13-21(14-19)31-16-22(23-24(26)27-17-28-25(23)31)20-5-3-4-18(12-20)6-11-34(2,32)33;1-33(30,31)10-5-17-3-2-4-19(11-17)21-15-29(24-22(21)23(25)26-16-27-24)20-12-18(13-20)14-28-6-8-32-9-7-28;1-33(31,32)8-6-16-3-2-4-18(9-16)21-14-29(24-22(21)23(25)26-15-27-24)19-10-17(11-19)12-28-7-5-20(30)13-28;1-32(30,31)10-7-17-5-4-6-19(11-17)21-15-29(24-22(21)23(25)26-16-27-24)20-12-18(13-20)14-28-8-2-3-9-28/h3-5,12,16-17,19,21H,6-11,13-15H2,1-2H3,(H2,26,27,28);2-4,11,15-16,18,20H,5-10,12-14H2,1H3,(H2,25,26,27);2-4,9,14-15,17,19-20,30H,5-8,10-13H2,1H3,(H2,25,26,27);4-6,11,15-16,18,20H,2-3,7-10,12-14H2,1H3,(H2,25,26,27)/t;;17?,19?,20-;/m..1./s1. The number of hydrogen-bond donors (Lipinski definition) is 5. The second kappa shape index (κ2) is 40.3. The molecule has 0 radical (unpaired) electrons. The summed E-state index contributed by atoms with van der Waals surface area (Å²) in [5, 5.41) is 13.3. The van der Waals surface area contributed by atoms with Crippen molar-refractivity contribution in [1.29, 1.82) is 0 Å². The quantitative estimate of drug-likeness (QED) is 0.0304. The Kier molecular flexibility index (Phi) is 28.7. The average molecular weight is 1880 g/mol.